The third-order valence-corrected chi connectivity index (χ3v) is 3.98. The van der Waals surface area contributed by atoms with Gasteiger partial charge in [0.2, 0.25) is 11.0 Å². The van der Waals surface area contributed by atoms with Gasteiger partial charge in [0.05, 0.1) is 5.25 Å². The average Bonchev–Trinajstić information content (AvgIpc) is 2.89. The summed E-state index contributed by atoms with van der Waals surface area (Å²) in [4.78, 5) is 11.9. The zero-order valence-corrected chi connectivity index (χ0v) is 11.7. The molecule has 0 unspecified atom stereocenters. The van der Waals surface area contributed by atoms with Crippen molar-refractivity contribution in [3.8, 4) is 0 Å². The molecule has 2 heterocycles. The van der Waals surface area contributed by atoms with Crippen LogP contribution in [-0.4, -0.2) is 36.1 Å². The summed E-state index contributed by atoms with van der Waals surface area (Å²) in [5, 5.41) is 19.8. The first-order valence-corrected chi connectivity index (χ1v) is 6.87. The van der Waals surface area contributed by atoms with Gasteiger partial charge in [-0.1, -0.05) is 23.1 Å². The van der Waals surface area contributed by atoms with E-state index in [1.165, 1.54) is 23.1 Å². The minimum Gasteiger partial charge on any atom is -0.312 e. The summed E-state index contributed by atoms with van der Waals surface area (Å²) in [6.07, 6.45) is 1.60. The number of carbonyl (C=O) groups excluding carboxylic acids is 1. The van der Waals surface area contributed by atoms with Crippen molar-refractivity contribution in [2.45, 2.75) is 24.3 Å². The minimum absolute atomic E-state index is 0.126. The van der Waals surface area contributed by atoms with E-state index in [4.69, 9.17) is 0 Å². The molecular formula is C9H12N6OS2. The Morgan fingerprint density at radius 2 is 2.28 bits per heavy atom. The highest BCUT2D eigenvalue weighted by Gasteiger charge is 2.18. The maximum absolute atomic E-state index is 11.9. The molecule has 0 spiro atoms. The van der Waals surface area contributed by atoms with Gasteiger partial charge >= 0.3 is 0 Å². The molecule has 0 saturated carbocycles. The topological polar surface area (TPSA) is 85.6 Å². The van der Waals surface area contributed by atoms with Crippen molar-refractivity contribution < 1.29 is 4.79 Å². The highest BCUT2D eigenvalue weighted by molar-refractivity contribution is 8.00. The number of nitrogens with one attached hydrogen (secondary N) is 1. The van der Waals surface area contributed by atoms with Crippen LogP contribution in [0.4, 0.5) is 5.13 Å². The molecule has 7 nitrogen and oxygen atoms in total. The van der Waals surface area contributed by atoms with Gasteiger partial charge < -0.3 is 4.57 Å². The third kappa shape index (κ3) is 3.05. The SMILES string of the molecule is Cc1nnc(NC(=O)[C@@H](C)Sc2nncn2C)s1. The second-order valence-electron chi connectivity index (χ2n) is 3.60. The van der Waals surface area contributed by atoms with E-state index in [9.17, 15) is 4.79 Å². The lowest BCUT2D eigenvalue weighted by atomic mass is 10.4. The molecule has 0 fully saturated rings. The molecule has 0 saturated heterocycles. The van der Waals surface area contributed by atoms with Crippen LogP contribution in [0.1, 0.15) is 11.9 Å². The molecule has 0 aliphatic rings. The Hall–Kier alpha value is -1.48. The molecule has 96 valence electrons. The molecule has 0 radical (unpaired) electrons. The molecule has 2 aromatic rings. The molecule has 1 amide bonds. The van der Waals surface area contributed by atoms with Crippen molar-refractivity contribution in [3.63, 3.8) is 0 Å². The quantitative estimate of drug-likeness (QED) is 0.846. The standard InChI is InChI=1S/C9H12N6OS2/c1-5(17-9-14-10-4-15(9)3)7(16)11-8-13-12-6(2)18-8/h4-5H,1-3H3,(H,11,13,16)/t5-/m1/s1. The molecule has 18 heavy (non-hydrogen) atoms. The maximum atomic E-state index is 11.9. The minimum atomic E-state index is -0.280. The van der Waals surface area contributed by atoms with Gasteiger partial charge in [-0.3, -0.25) is 10.1 Å². The van der Waals surface area contributed by atoms with Crippen LogP contribution in [0.25, 0.3) is 0 Å². The number of aromatic nitrogens is 5. The van der Waals surface area contributed by atoms with Crippen LogP contribution in [0, 0.1) is 6.92 Å². The lowest BCUT2D eigenvalue weighted by molar-refractivity contribution is -0.115. The zero-order valence-electron chi connectivity index (χ0n) is 10.1. The van der Waals surface area contributed by atoms with Gasteiger partial charge in [-0.05, 0) is 13.8 Å². The van der Waals surface area contributed by atoms with Crippen LogP contribution in [0.5, 0.6) is 0 Å². The van der Waals surface area contributed by atoms with E-state index >= 15 is 0 Å². The number of nitrogens with zero attached hydrogens (tertiary/aromatic N) is 5. The highest BCUT2D eigenvalue weighted by Crippen LogP contribution is 2.22. The molecular weight excluding hydrogens is 272 g/mol. The number of carbonyl (C=O) groups is 1. The highest BCUT2D eigenvalue weighted by atomic mass is 32.2. The molecule has 0 aromatic carbocycles. The monoisotopic (exact) mass is 284 g/mol. The van der Waals surface area contributed by atoms with E-state index in [2.05, 4.69) is 25.7 Å². The Kier molecular flexibility index (Phi) is 3.92. The van der Waals surface area contributed by atoms with E-state index in [1.54, 1.807) is 10.9 Å². The van der Waals surface area contributed by atoms with Gasteiger partial charge in [-0.2, -0.15) is 0 Å². The number of hydrogen-bond acceptors (Lipinski definition) is 7. The van der Waals surface area contributed by atoms with Crippen LogP contribution in [0.15, 0.2) is 11.5 Å². The summed E-state index contributed by atoms with van der Waals surface area (Å²) in [6.45, 7) is 3.65. The zero-order chi connectivity index (χ0) is 13.1. The number of aryl methyl sites for hydroxylation is 2. The summed E-state index contributed by atoms with van der Waals surface area (Å²) in [5.41, 5.74) is 0. The predicted molar refractivity (Wildman–Crippen MR) is 69.6 cm³/mol. The van der Waals surface area contributed by atoms with Crippen molar-refractivity contribution in [3.05, 3.63) is 11.3 Å². The van der Waals surface area contributed by atoms with Crippen LogP contribution in [0.3, 0.4) is 0 Å². The summed E-state index contributed by atoms with van der Waals surface area (Å²) in [5.74, 6) is -0.126. The van der Waals surface area contributed by atoms with Crippen molar-refractivity contribution in [1.82, 2.24) is 25.0 Å². The number of thioether (sulfide) groups is 1. The Morgan fingerprint density at radius 3 is 2.83 bits per heavy atom. The largest absolute Gasteiger partial charge is 0.312 e. The van der Waals surface area contributed by atoms with Gasteiger partial charge in [0, 0.05) is 7.05 Å². The van der Waals surface area contributed by atoms with Gasteiger partial charge in [0.15, 0.2) is 5.16 Å². The Morgan fingerprint density at radius 1 is 1.50 bits per heavy atom. The number of anilines is 1. The average molecular weight is 284 g/mol. The van der Waals surface area contributed by atoms with Gasteiger partial charge in [0.25, 0.3) is 0 Å². The first-order valence-electron chi connectivity index (χ1n) is 5.18. The molecule has 2 rings (SSSR count). The summed E-state index contributed by atoms with van der Waals surface area (Å²) in [7, 11) is 1.83. The van der Waals surface area contributed by atoms with Crippen LogP contribution in [-0.2, 0) is 11.8 Å². The Labute approximate surface area is 112 Å². The Balaban J connectivity index is 1.95. The number of amides is 1. The van der Waals surface area contributed by atoms with Crippen molar-refractivity contribution in [2.75, 3.05) is 5.32 Å². The summed E-state index contributed by atoms with van der Waals surface area (Å²) >= 11 is 2.69. The maximum Gasteiger partial charge on any atom is 0.239 e. The fourth-order valence-corrected chi connectivity index (χ4v) is 2.53. The fraction of sp³-hybridized carbons (Fsp3) is 0.444. The van der Waals surface area contributed by atoms with E-state index in [-0.39, 0.29) is 11.2 Å². The molecule has 0 aliphatic heterocycles. The second kappa shape index (κ2) is 5.44. The lowest BCUT2D eigenvalue weighted by Crippen LogP contribution is -2.22. The Bertz CT molecular complexity index is 551. The van der Waals surface area contributed by atoms with Crippen molar-refractivity contribution in [1.29, 1.82) is 0 Å². The predicted octanol–water partition coefficient (Wildman–Crippen LogP) is 1.09. The normalized spacial score (nSPS) is 12.4. The van der Waals surface area contributed by atoms with Crippen LogP contribution in [0.2, 0.25) is 0 Å². The summed E-state index contributed by atoms with van der Waals surface area (Å²) < 4.78 is 1.77. The number of rotatable bonds is 4. The van der Waals surface area contributed by atoms with E-state index in [1.807, 2.05) is 20.9 Å². The lowest BCUT2D eigenvalue weighted by Gasteiger charge is -2.08. The molecule has 0 aliphatic carbocycles. The first-order chi connectivity index (χ1) is 8.56. The van der Waals surface area contributed by atoms with Crippen molar-refractivity contribution >= 4 is 34.1 Å². The van der Waals surface area contributed by atoms with Crippen molar-refractivity contribution in [2.24, 2.45) is 7.05 Å². The molecule has 1 N–H and O–H groups in total. The van der Waals surface area contributed by atoms with Gasteiger partial charge in [-0.25, -0.2) is 0 Å². The van der Waals surface area contributed by atoms with E-state index in [0.717, 1.165) is 5.01 Å². The van der Waals surface area contributed by atoms with E-state index in [0.29, 0.717) is 10.3 Å². The second-order valence-corrected chi connectivity index (χ2v) is 6.09. The smallest absolute Gasteiger partial charge is 0.239 e. The van der Waals surface area contributed by atoms with Gasteiger partial charge in [0.1, 0.15) is 11.3 Å². The fourth-order valence-electron chi connectivity index (χ4n) is 1.15. The van der Waals surface area contributed by atoms with Gasteiger partial charge in [-0.15, -0.1) is 20.4 Å². The number of hydrogen-bond donors (Lipinski definition) is 1. The molecule has 2 aromatic heterocycles. The molecule has 0 bridgehead atoms. The third-order valence-electron chi connectivity index (χ3n) is 2.08. The van der Waals surface area contributed by atoms with E-state index < -0.39 is 0 Å². The molecule has 1 atom stereocenters. The first kappa shape index (κ1) is 13.0. The van der Waals surface area contributed by atoms with Crippen LogP contribution >= 0.6 is 23.1 Å². The van der Waals surface area contributed by atoms with Crippen LogP contribution < -0.4 is 5.32 Å². The summed E-state index contributed by atoms with van der Waals surface area (Å²) in [6, 6.07) is 0. The molecule has 9 heteroatoms.